The number of carbonyl (C=O) groups is 1. The first-order valence-electron chi connectivity index (χ1n) is 9.91. The van der Waals surface area contributed by atoms with Gasteiger partial charge in [-0.05, 0) is 60.5 Å². The number of aryl methyl sites for hydroxylation is 1. The number of hydrogen-bond donors (Lipinski definition) is 3. The highest BCUT2D eigenvalue weighted by atomic mass is 19.1. The molecule has 2 amide bonds. The fraction of sp³-hybridized carbons (Fsp3) is 0.0833. The molecule has 0 aliphatic carbocycles. The van der Waals surface area contributed by atoms with E-state index in [9.17, 15) is 9.18 Å². The lowest BCUT2D eigenvalue weighted by atomic mass is 10.2. The molecule has 0 atom stereocenters. The molecule has 154 valence electrons. The van der Waals surface area contributed by atoms with Gasteiger partial charge in [-0.1, -0.05) is 12.1 Å². The van der Waals surface area contributed by atoms with Crippen molar-refractivity contribution in [1.82, 2.24) is 14.5 Å². The summed E-state index contributed by atoms with van der Waals surface area (Å²) in [5.41, 5.74) is 4.64. The molecular weight excluding hydrogens is 393 g/mol. The van der Waals surface area contributed by atoms with Gasteiger partial charge < -0.3 is 20.2 Å². The Hall–Kier alpha value is -4.13. The Morgan fingerprint density at radius 3 is 2.84 bits per heavy atom. The average Bonchev–Trinajstić information content (AvgIpc) is 3.36. The van der Waals surface area contributed by atoms with Crippen LogP contribution >= 0.6 is 0 Å². The van der Waals surface area contributed by atoms with Gasteiger partial charge in [0.2, 0.25) is 0 Å². The summed E-state index contributed by atoms with van der Waals surface area (Å²) in [5.74, 6) is -0.474. The second-order valence-corrected chi connectivity index (χ2v) is 7.46. The molecular formula is C24H20FN5O. The van der Waals surface area contributed by atoms with E-state index in [0.29, 0.717) is 12.2 Å². The van der Waals surface area contributed by atoms with Crippen molar-refractivity contribution in [3.63, 3.8) is 0 Å². The highest BCUT2D eigenvalue weighted by Crippen LogP contribution is 2.27. The van der Waals surface area contributed by atoms with Crippen molar-refractivity contribution >= 4 is 39.3 Å². The van der Waals surface area contributed by atoms with Crippen LogP contribution in [0.5, 0.6) is 0 Å². The van der Waals surface area contributed by atoms with Crippen LogP contribution in [0.1, 0.15) is 11.1 Å². The fourth-order valence-corrected chi connectivity index (χ4v) is 3.81. The highest BCUT2D eigenvalue weighted by molar-refractivity contribution is 6.06. The zero-order chi connectivity index (χ0) is 21.4. The number of H-pyrrole nitrogens is 1. The van der Waals surface area contributed by atoms with Crippen molar-refractivity contribution in [3.8, 4) is 0 Å². The molecule has 0 unspecified atom stereocenters. The van der Waals surface area contributed by atoms with Crippen molar-refractivity contribution < 1.29 is 9.18 Å². The first kappa shape index (κ1) is 18.9. The molecule has 0 aliphatic rings. The predicted octanol–water partition coefficient (Wildman–Crippen LogP) is 5.66. The van der Waals surface area contributed by atoms with Crippen LogP contribution in [0, 0.1) is 12.7 Å². The molecule has 0 saturated carbocycles. The van der Waals surface area contributed by atoms with E-state index in [1.54, 1.807) is 18.3 Å². The van der Waals surface area contributed by atoms with Crippen molar-refractivity contribution in [2.75, 3.05) is 10.6 Å². The number of carbonyl (C=O) groups excluding carboxylic acids is 1. The largest absolute Gasteiger partial charge is 0.346 e. The number of fused-ring (bicyclic) bond motifs is 2. The molecule has 2 aromatic carbocycles. The smallest absolute Gasteiger partial charge is 0.323 e. The van der Waals surface area contributed by atoms with Gasteiger partial charge in [0.15, 0.2) is 0 Å². The zero-order valence-corrected chi connectivity index (χ0v) is 16.8. The molecule has 0 fully saturated rings. The van der Waals surface area contributed by atoms with E-state index in [1.165, 1.54) is 6.07 Å². The molecule has 31 heavy (non-hydrogen) atoms. The topological polar surface area (TPSA) is 74.7 Å². The molecule has 5 rings (SSSR count). The van der Waals surface area contributed by atoms with Gasteiger partial charge in [0.1, 0.15) is 11.5 Å². The summed E-state index contributed by atoms with van der Waals surface area (Å²) >= 11 is 0. The molecule has 0 aliphatic heterocycles. The number of amides is 2. The number of urea groups is 1. The minimum atomic E-state index is -0.493. The third-order valence-electron chi connectivity index (χ3n) is 5.31. The van der Waals surface area contributed by atoms with Gasteiger partial charge in [0.05, 0.1) is 16.9 Å². The lowest BCUT2D eigenvalue weighted by Gasteiger charge is -2.11. The number of pyridine rings is 1. The summed E-state index contributed by atoms with van der Waals surface area (Å²) in [6.07, 6.45) is 5.72. The van der Waals surface area contributed by atoms with Gasteiger partial charge in [-0.25, -0.2) is 14.2 Å². The quantitative estimate of drug-likeness (QED) is 0.356. The van der Waals surface area contributed by atoms with Gasteiger partial charge in [-0.15, -0.1) is 0 Å². The van der Waals surface area contributed by atoms with Gasteiger partial charge in [0.25, 0.3) is 0 Å². The summed E-state index contributed by atoms with van der Waals surface area (Å²) in [6.45, 7) is 2.51. The number of halogens is 1. The first-order valence-corrected chi connectivity index (χ1v) is 9.91. The van der Waals surface area contributed by atoms with E-state index < -0.39 is 11.8 Å². The summed E-state index contributed by atoms with van der Waals surface area (Å²) in [6, 6.07) is 15.8. The van der Waals surface area contributed by atoms with E-state index in [-0.39, 0.29) is 5.69 Å². The molecule has 0 saturated heterocycles. The highest BCUT2D eigenvalue weighted by Gasteiger charge is 2.12. The van der Waals surface area contributed by atoms with Crippen LogP contribution in [0.25, 0.3) is 21.9 Å². The summed E-state index contributed by atoms with van der Waals surface area (Å²) < 4.78 is 16.1. The molecule has 0 radical (unpaired) electrons. The van der Waals surface area contributed by atoms with Crippen LogP contribution in [0.3, 0.4) is 0 Å². The Balaban J connectivity index is 1.40. The summed E-state index contributed by atoms with van der Waals surface area (Å²) in [4.78, 5) is 20.0. The van der Waals surface area contributed by atoms with Gasteiger partial charge in [-0.2, -0.15) is 0 Å². The van der Waals surface area contributed by atoms with Crippen LogP contribution in [0.2, 0.25) is 0 Å². The lowest BCUT2D eigenvalue weighted by Crippen LogP contribution is -2.20. The number of rotatable bonds is 4. The number of aromatic amines is 1. The average molecular weight is 413 g/mol. The van der Waals surface area contributed by atoms with E-state index in [2.05, 4.69) is 25.2 Å². The Kier molecular flexibility index (Phi) is 4.63. The van der Waals surface area contributed by atoms with Crippen molar-refractivity contribution in [1.29, 1.82) is 0 Å². The molecule has 0 bridgehead atoms. The minimum Gasteiger partial charge on any atom is -0.346 e. The van der Waals surface area contributed by atoms with Gasteiger partial charge in [0, 0.05) is 35.9 Å². The Bertz CT molecular complexity index is 1420. The maximum Gasteiger partial charge on any atom is 0.323 e. The number of nitrogens with one attached hydrogen (secondary N) is 3. The van der Waals surface area contributed by atoms with Crippen molar-refractivity contribution in [3.05, 3.63) is 90.1 Å². The molecule has 5 aromatic rings. The molecule has 6 nitrogen and oxygen atoms in total. The summed E-state index contributed by atoms with van der Waals surface area (Å²) in [7, 11) is 0. The van der Waals surface area contributed by atoms with E-state index in [1.807, 2.05) is 55.7 Å². The van der Waals surface area contributed by atoms with Crippen LogP contribution in [-0.4, -0.2) is 20.6 Å². The third-order valence-corrected chi connectivity index (χ3v) is 5.31. The second kappa shape index (κ2) is 7.60. The number of anilines is 2. The van der Waals surface area contributed by atoms with Gasteiger partial charge >= 0.3 is 6.03 Å². The van der Waals surface area contributed by atoms with E-state index in [4.69, 9.17) is 0 Å². The van der Waals surface area contributed by atoms with Crippen LogP contribution in [0.4, 0.5) is 20.6 Å². The number of nitrogens with zero attached hydrogens (tertiary/aromatic N) is 2. The molecule has 0 spiro atoms. The Morgan fingerprint density at radius 1 is 1.06 bits per heavy atom. The van der Waals surface area contributed by atoms with E-state index >= 15 is 0 Å². The Labute approximate surface area is 177 Å². The van der Waals surface area contributed by atoms with Crippen LogP contribution in [0.15, 0.2) is 73.2 Å². The molecule has 3 aromatic heterocycles. The predicted molar refractivity (Wildman–Crippen MR) is 121 cm³/mol. The molecule has 7 heteroatoms. The molecule has 3 N–H and O–H groups in total. The number of aromatic nitrogens is 3. The Morgan fingerprint density at radius 2 is 1.94 bits per heavy atom. The standard InChI is InChI=1S/C24H20FN5O/c1-15-7-8-19(25)21(12-15)29-24(31)28-20-5-2-6-22-18(20)9-11-30(22)14-16-13-27-23-17(16)4-3-10-26-23/h2-13H,14H2,1H3,(H,26,27)(H2,28,29,31). The monoisotopic (exact) mass is 413 g/mol. The zero-order valence-electron chi connectivity index (χ0n) is 16.8. The molecule has 3 heterocycles. The number of hydrogen-bond acceptors (Lipinski definition) is 2. The second-order valence-electron chi connectivity index (χ2n) is 7.46. The summed E-state index contributed by atoms with van der Waals surface area (Å²) in [5, 5.41) is 7.41. The number of benzene rings is 2. The maximum atomic E-state index is 14.0. The van der Waals surface area contributed by atoms with Gasteiger partial charge in [-0.3, -0.25) is 0 Å². The normalized spacial score (nSPS) is 11.2. The first-order chi connectivity index (χ1) is 15.1. The van der Waals surface area contributed by atoms with Crippen LogP contribution in [-0.2, 0) is 6.54 Å². The van der Waals surface area contributed by atoms with E-state index in [0.717, 1.165) is 33.1 Å². The lowest BCUT2D eigenvalue weighted by molar-refractivity contribution is 0.262. The van der Waals surface area contributed by atoms with Crippen molar-refractivity contribution in [2.24, 2.45) is 0 Å². The SMILES string of the molecule is Cc1ccc(F)c(NC(=O)Nc2cccc3c2ccn3Cc2c[nH]c3ncccc23)c1. The minimum absolute atomic E-state index is 0.148. The third kappa shape index (κ3) is 3.61. The van der Waals surface area contributed by atoms with Crippen molar-refractivity contribution in [2.45, 2.75) is 13.5 Å². The van der Waals surface area contributed by atoms with Crippen LogP contribution < -0.4 is 10.6 Å². The maximum absolute atomic E-state index is 14.0. The fourth-order valence-electron chi connectivity index (χ4n) is 3.81.